The van der Waals surface area contributed by atoms with Crippen molar-refractivity contribution in [3.63, 3.8) is 0 Å². The van der Waals surface area contributed by atoms with Crippen molar-refractivity contribution in [1.82, 2.24) is 5.32 Å². The Morgan fingerprint density at radius 1 is 0.939 bits per heavy atom. The third-order valence-electron chi connectivity index (χ3n) is 4.74. The predicted octanol–water partition coefficient (Wildman–Crippen LogP) is 5.60. The first-order chi connectivity index (χ1) is 15.8. The second-order valence-electron chi connectivity index (χ2n) is 7.04. The fourth-order valence-corrected chi connectivity index (χ4v) is 3.83. The summed E-state index contributed by atoms with van der Waals surface area (Å²) < 4.78 is 20.8. The Morgan fingerprint density at radius 2 is 1.67 bits per heavy atom. The van der Waals surface area contributed by atoms with Crippen molar-refractivity contribution in [3.8, 4) is 5.75 Å². The number of benzene rings is 3. The summed E-state index contributed by atoms with van der Waals surface area (Å²) in [6.07, 6.45) is 1.36. The molecular formula is C24H15Br2FN2O4. The van der Waals surface area contributed by atoms with Gasteiger partial charge in [-0.25, -0.2) is 14.1 Å². The highest BCUT2D eigenvalue weighted by Gasteiger charge is 2.37. The minimum absolute atomic E-state index is 0.0826. The van der Waals surface area contributed by atoms with Crippen LogP contribution in [0.4, 0.5) is 14.9 Å². The standard InChI is InChI=1S/C24H15Br2FN2O4/c25-16-4-7-19(8-5-16)29-23(31)20(22(30)28-24(29)32)12-15-11-17(26)6-9-21(15)33-13-14-2-1-3-18(27)10-14/h1-12H,13H2,(H,28,30,32)/b20-12+. The maximum Gasteiger partial charge on any atom is 0.335 e. The quantitative estimate of drug-likeness (QED) is 0.319. The molecular weight excluding hydrogens is 559 g/mol. The molecule has 33 heavy (non-hydrogen) atoms. The number of nitrogens with zero attached hydrogens (tertiary/aromatic N) is 1. The zero-order valence-corrected chi connectivity index (χ0v) is 20.0. The smallest absolute Gasteiger partial charge is 0.335 e. The minimum atomic E-state index is -0.832. The number of ether oxygens (including phenoxy) is 1. The average molecular weight is 574 g/mol. The first-order valence-corrected chi connectivity index (χ1v) is 11.2. The lowest BCUT2D eigenvalue weighted by atomic mass is 10.1. The van der Waals surface area contributed by atoms with Gasteiger partial charge < -0.3 is 4.74 Å². The molecule has 3 aromatic carbocycles. The Morgan fingerprint density at radius 3 is 2.39 bits per heavy atom. The zero-order valence-electron chi connectivity index (χ0n) is 16.8. The van der Waals surface area contributed by atoms with E-state index in [4.69, 9.17) is 4.74 Å². The van der Waals surface area contributed by atoms with Crippen LogP contribution >= 0.6 is 31.9 Å². The number of amides is 4. The van der Waals surface area contributed by atoms with Gasteiger partial charge in [0, 0.05) is 14.5 Å². The molecule has 0 aromatic heterocycles. The van der Waals surface area contributed by atoms with E-state index < -0.39 is 17.8 Å². The molecule has 1 saturated heterocycles. The van der Waals surface area contributed by atoms with Gasteiger partial charge in [-0.15, -0.1) is 0 Å². The number of carbonyl (C=O) groups is 3. The summed E-state index contributed by atoms with van der Waals surface area (Å²) >= 11 is 6.68. The Bertz CT molecular complexity index is 1290. The van der Waals surface area contributed by atoms with Crippen LogP contribution in [0.5, 0.6) is 5.75 Å². The van der Waals surface area contributed by atoms with E-state index >= 15 is 0 Å². The van der Waals surface area contributed by atoms with Crippen molar-refractivity contribution in [3.05, 3.63) is 98.2 Å². The summed E-state index contributed by atoms with van der Waals surface area (Å²) in [5, 5.41) is 2.19. The fourth-order valence-electron chi connectivity index (χ4n) is 3.19. The lowest BCUT2D eigenvalue weighted by Gasteiger charge is -2.26. The van der Waals surface area contributed by atoms with Crippen LogP contribution in [-0.4, -0.2) is 17.8 Å². The first-order valence-electron chi connectivity index (χ1n) is 9.65. The molecule has 3 aromatic rings. The van der Waals surface area contributed by atoms with Crippen molar-refractivity contribution in [2.75, 3.05) is 4.90 Å². The molecule has 0 bridgehead atoms. The topological polar surface area (TPSA) is 75.7 Å². The van der Waals surface area contributed by atoms with Crippen LogP contribution in [0, 0.1) is 5.82 Å². The van der Waals surface area contributed by atoms with E-state index in [-0.39, 0.29) is 18.0 Å². The molecule has 6 nitrogen and oxygen atoms in total. The van der Waals surface area contributed by atoms with Crippen LogP contribution in [0.2, 0.25) is 0 Å². The number of barbiturate groups is 1. The largest absolute Gasteiger partial charge is 0.488 e. The van der Waals surface area contributed by atoms with Gasteiger partial charge in [0.25, 0.3) is 11.8 Å². The van der Waals surface area contributed by atoms with Crippen LogP contribution < -0.4 is 15.0 Å². The number of hydrogen-bond acceptors (Lipinski definition) is 4. The van der Waals surface area contributed by atoms with Crippen molar-refractivity contribution < 1.29 is 23.5 Å². The Labute approximate surface area is 205 Å². The van der Waals surface area contributed by atoms with Crippen LogP contribution in [0.3, 0.4) is 0 Å². The van der Waals surface area contributed by atoms with E-state index in [9.17, 15) is 18.8 Å². The summed E-state index contributed by atoms with van der Waals surface area (Å²) in [4.78, 5) is 38.9. The fraction of sp³-hybridized carbons (Fsp3) is 0.0417. The van der Waals surface area contributed by atoms with Gasteiger partial charge in [-0.1, -0.05) is 44.0 Å². The van der Waals surface area contributed by atoms with Crippen molar-refractivity contribution in [2.45, 2.75) is 6.61 Å². The SMILES string of the molecule is O=C1NC(=O)N(c2ccc(Br)cc2)C(=O)/C1=C/c1cc(Br)ccc1OCc1cccc(F)c1. The third kappa shape index (κ3) is 5.20. The van der Waals surface area contributed by atoms with E-state index in [1.54, 1.807) is 54.6 Å². The highest BCUT2D eigenvalue weighted by atomic mass is 79.9. The average Bonchev–Trinajstić information content (AvgIpc) is 2.77. The summed E-state index contributed by atoms with van der Waals surface area (Å²) in [5.74, 6) is -1.57. The summed E-state index contributed by atoms with van der Waals surface area (Å²) in [7, 11) is 0. The summed E-state index contributed by atoms with van der Waals surface area (Å²) in [6, 6.07) is 16.8. The molecule has 1 heterocycles. The van der Waals surface area contributed by atoms with Crippen molar-refractivity contribution in [2.24, 2.45) is 0 Å². The van der Waals surface area contributed by atoms with Gasteiger partial charge in [-0.05, 0) is 66.2 Å². The van der Waals surface area contributed by atoms with Gasteiger partial charge in [0.2, 0.25) is 0 Å². The van der Waals surface area contributed by atoms with E-state index in [0.29, 0.717) is 27.0 Å². The maximum absolute atomic E-state index is 13.5. The molecule has 0 unspecified atom stereocenters. The number of urea groups is 1. The van der Waals surface area contributed by atoms with Crippen molar-refractivity contribution in [1.29, 1.82) is 0 Å². The molecule has 1 aliphatic rings. The maximum atomic E-state index is 13.5. The minimum Gasteiger partial charge on any atom is -0.488 e. The molecule has 0 saturated carbocycles. The van der Waals surface area contributed by atoms with E-state index in [1.165, 1.54) is 18.2 Å². The van der Waals surface area contributed by atoms with Gasteiger partial charge in [-0.2, -0.15) is 0 Å². The first kappa shape index (κ1) is 22.9. The number of rotatable bonds is 5. The Hall–Kier alpha value is -3.30. The molecule has 1 fully saturated rings. The summed E-state index contributed by atoms with van der Waals surface area (Å²) in [5.41, 5.74) is 1.14. The molecule has 0 spiro atoms. The lowest BCUT2D eigenvalue weighted by Crippen LogP contribution is -2.54. The number of carbonyl (C=O) groups excluding carboxylic acids is 3. The monoisotopic (exact) mass is 572 g/mol. The van der Waals surface area contributed by atoms with Crippen LogP contribution in [0.25, 0.3) is 6.08 Å². The van der Waals surface area contributed by atoms with Crippen LogP contribution in [0.1, 0.15) is 11.1 Å². The number of imide groups is 2. The van der Waals surface area contributed by atoms with Gasteiger partial charge in [-0.3, -0.25) is 14.9 Å². The molecule has 9 heteroatoms. The molecule has 0 aliphatic carbocycles. The van der Waals surface area contributed by atoms with E-state index in [0.717, 1.165) is 9.37 Å². The van der Waals surface area contributed by atoms with Crippen LogP contribution in [-0.2, 0) is 16.2 Å². The van der Waals surface area contributed by atoms with Gasteiger partial charge in [0.1, 0.15) is 23.7 Å². The Kier molecular flexibility index (Phi) is 6.71. The summed E-state index contributed by atoms with van der Waals surface area (Å²) in [6.45, 7) is 0.0826. The third-order valence-corrected chi connectivity index (χ3v) is 5.76. The number of nitrogens with one attached hydrogen (secondary N) is 1. The lowest BCUT2D eigenvalue weighted by molar-refractivity contribution is -0.122. The van der Waals surface area contributed by atoms with Gasteiger partial charge in [0.05, 0.1) is 5.69 Å². The predicted molar refractivity (Wildman–Crippen MR) is 128 cm³/mol. The highest BCUT2D eigenvalue weighted by molar-refractivity contribution is 9.10. The normalized spacial score (nSPS) is 15.1. The highest BCUT2D eigenvalue weighted by Crippen LogP contribution is 2.29. The molecule has 0 atom stereocenters. The second-order valence-corrected chi connectivity index (χ2v) is 8.87. The molecule has 166 valence electrons. The Balaban J connectivity index is 1.67. The van der Waals surface area contributed by atoms with E-state index in [2.05, 4.69) is 37.2 Å². The molecule has 1 N–H and O–H groups in total. The molecule has 1 aliphatic heterocycles. The zero-order chi connectivity index (χ0) is 23.5. The molecule has 4 amide bonds. The number of halogens is 3. The van der Waals surface area contributed by atoms with Gasteiger partial charge in [0.15, 0.2) is 0 Å². The van der Waals surface area contributed by atoms with E-state index in [1.807, 2.05) is 0 Å². The van der Waals surface area contributed by atoms with Crippen molar-refractivity contribution >= 4 is 61.5 Å². The molecule has 4 rings (SSSR count). The van der Waals surface area contributed by atoms with Gasteiger partial charge >= 0.3 is 6.03 Å². The van der Waals surface area contributed by atoms with Crippen LogP contribution in [0.15, 0.2) is 81.2 Å². The number of anilines is 1. The second kappa shape index (κ2) is 9.68. The number of hydrogen-bond donors (Lipinski definition) is 1. The molecule has 0 radical (unpaired) electrons.